The molecule has 0 spiro atoms. The average Bonchev–Trinajstić information content (AvgIpc) is 3.14. The molecule has 1 amide bonds. The number of aliphatic hydroxyl groups is 1. The first kappa shape index (κ1) is 25.0. The van der Waals surface area contributed by atoms with Crippen LogP contribution < -0.4 is 9.47 Å². The van der Waals surface area contributed by atoms with E-state index in [4.69, 9.17) is 25.8 Å². The van der Waals surface area contributed by atoms with Gasteiger partial charge in [0.25, 0.3) is 11.7 Å². The van der Waals surface area contributed by atoms with Crippen LogP contribution in [0, 0.1) is 0 Å². The van der Waals surface area contributed by atoms with E-state index in [1.54, 1.807) is 48.4 Å². The van der Waals surface area contributed by atoms with Crippen molar-refractivity contribution < 1.29 is 28.9 Å². The molecule has 0 aromatic heterocycles. The number of methoxy groups -OCH3 is 2. The molecule has 8 nitrogen and oxygen atoms in total. The van der Waals surface area contributed by atoms with Gasteiger partial charge in [-0.1, -0.05) is 23.7 Å². The fraction of sp³-hybridized carbons (Fsp3) is 0.385. The fourth-order valence-electron chi connectivity index (χ4n) is 4.50. The standard InChI is InChI=1S/C26H29ClN2O6/c1-33-19-7-4-17(5-8-19)23-22(24(30)18-6-9-21(34-2)20(27)16-18)25(31)26(32)29(23)11-3-10-28-12-14-35-15-13-28/h4-9,16,23,30H,3,10-15H2,1-2H3/t23-/m0/s1. The number of Topliss-reactive ketones (excluding diaryl/α,β-unsaturated/α-hetero) is 1. The zero-order chi connectivity index (χ0) is 24.9. The van der Waals surface area contributed by atoms with Gasteiger partial charge in [0.15, 0.2) is 0 Å². The summed E-state index contributed by atoms with van der Waals surface area (Å²) < 4.78 is 15.8. The highest BCUT2D eigenvalue weighted by Gasteiger charge is 2.45. The summed E-state index contributed by atoms with van der Waals surface area (Å²) in [6.45, 7) is 4.24. The minimum absolute atomic E-state index is 0.0350. The second-order valence-corrected chi connectivity index (χ2v) is 8.83. The first-order valence-electron chi connectivity index (χ1n) is 11.5. The van der Waals surface area contributed by atoms with Gasteiger partial charge in [0.1, 0.15) is 17.3 Å². The summed E-state index contributed by atoms with van der Waals surface area (Å²) in [5.41, 5.74) is 1.07. The number of rotatable bonds is 8. The molecule has 0 aliphatic carbocycles. The third-order valence-electron chi connectivity index (χ3n) is 6.37. The average molecular weight is 501 g/mol. The van der Waals surface area contributed by atoms with Gasteiger partial charge < -0.3 is 24.2 Å². The predicted molar refractivity (Wildman–Crippen MR) is 132 cm³/mol. The van der Waals surface area contributed by atoms with E-state index in [2.05, 4.69) is 4.90 Å². The summed E-state index contributed by atoms with van der Waals surface area (Å²) in [5.74, 6) is -0.529. The SMILES string of the molecule is COc1ccc([C@H]2C(=C(O)c3ccc(OC)c(Cl)c3)C(=O)C(=O)N2CCCN2CCOCC2)cc1. The van der Waals surface area contributed by atoms with Crippen LogP contribution in [0.2, 0.25) is 5.02 Å². The van der Waals surface area contributed by atoms with Crippen molar-refractivity contribution in [1.82, 2.24) is 9.80 Å². The van der Waals surface area contributed by atoms with Gasteiger partial charge in [-0.15, -0.1) is 0 Å². The Labute approximate surface area is 209 Å². The largest absolute Gasteiger partial charge is 0.507 e. The number of ketones is 1. The Morgan fingerprint density at radius 2 is 1.77 bits per heavy atom. The minimum Gasteiger partial charge on any atom is -0.507 e. The van der Waals surface area contributed by atoms with Crippen molar-refractivity contribution in [3.05, 3.63) is 64.2 Å². The zero-order valence-electron chi connectivity index (χ0n) is 19.8. The van der Waals surface area contributed by atoms with E-state index in [-0.39, 0.29) is 16.4 Å². The Hall–Kier alpha value is -3.07. The highest BCUT2D eigenvalue weighted by atomic mass is 35.5. The molecular weight excluding hydrogens is 472 g/mol. The molecule has 2 aromatic rings. The number of hydrogen-bond acceptors (Lipinski definition) is 7. The Kier molecular flexibility index (Phi) is 7.95. The second-order valence-electron chi connectivity index (χ2n) is 8.42. The van der Waals surface area contributed by atoms with Gasteiger partial charge in [-0.2, -0.15) is 0 Å². The molecule has 2 fully saturated rings. The Morgan fingerprint density at radius 1 is 1.06 bits per heavy atom. The fourth-order valence-corrected chi connectivity index (χ4v) is 4.76. The van der Waals surface area contributed by atoms with E-state index in [0.29, 0.717) is 48.8 Å². The van der Waals surface area contributed by atoms with Crippen LogP contribution in [0.3, 0.4) is 0 Å². The summed E-state index contributed by atoms with van der Waals surface area (Å²) in [5, 5.41) is 11.5. The normalized spacial score (nSPS) is 20.3. The third kappa shape index (κ3) is 5.29. The summed E-state index contributed by atoms with van der Waals surface area (Å²) in [7, 11) is 3.06. The molecule has 1 atom stereocenters. The van der Waals surface area contributed by atoms with E-state index >= 15 is 0 Å². The number of halogens is 1. The summed E-state index contributed by atoms with van der Waals surface area (Å²) in [6, 6.07) is 11.2. The zero-order valence-corrected chi connectivity index (χ0v) is 20.6. The van der Waals surface area contributed by atoms with Gasteiger partial charge in [0.2, 0.25) is 0 Å². The summed E-state index contributed by atoms with van der Waals surface area (Å²) in [4.78, 5) is 30.1. The number of ether oxygens (including phenoxy) is 3. The van der Waals surface area contributed by atoms with Crippen LogP contribution in [0.5, 0.6) is 11.5 Å². The lowest BCUT2D eigenvalue weighted by Gasteiger charge is -2.29. The lowest BCUT2D eigenvalue weighted by atomic mass is 9.95. The molecule has 0 unspecified atom stereocenters. The molecule has 186 valence electrons. The van der Waals surface area contributed by atoms with Crippen LogP contribution in [-0.4, -0.2) is 80.2 Å². The number of amides is 1. The quantitative estimate of drug-likeness (QED) is 0.337. The number of benzene rings is 2. The molecule has 2 heterocycles. The van der Waals surface area contributed by atoms with Gasteiger partial charge in [-0.05, 0) is 42.3 Å². The van der Waals surface area contributed by atoms with Crippen molar-refractivity contribution in [2.75, 3.05) is 53.6 Å². The number of hydrogen-bond donors (Lipinski definition) is 1. The van der Waals surface area contributed by atoms with Crippen molar-refractivity contribution in [3.8, 4) is 11.5 Å². The van der Waals surface area contributed by atoms with Gasteiger partial charge in [0.05, 0.1) is 44.1 Å². The van der Waals surface area contributed by atoms with Crippen LogP contribution in [0.4, 0.5) is 0 Å². The van der Waals surface area contributed by atoms with E-state index < -0.39 is 17.7 Å². The Bertz CT molecular complexity index is 1110. The molecule has 1 N–H and O–H groups in total. The molecule has 2 aliphatic heterocycles. The Morgan fingerprint density at radius 3 is 2.40 bits per heavy atom. The van der Waals surface area contributed by atoms with Crippen LogP contribution >= 0.6 is 11.6 Å². The first-order chi connectivity index (χ1) is 16.9. The summed E-state index contributed by atoms with van der Waals surface area (Å²) >= 11 is 6.25. The number of carbonyl (C=O) groups is 2. The van der Waals surface area contributed by atoms with E-state index in [9.17, 15) is 14.7 Å². The molecule has 2 aromatic carbocycles. The van der Waals surface area contributed by atoms with Crippen molar-refractivity contribution in [3.63, 3.8) is 0 Å². The van der Waals surface area contributed by atoms with Crippen molar-refractivity contribution >= 4 is 29.1 Å². The number of aliphatic hydroxyl groups excluding tert-OH is 1. The summed E-state index contributed by atoms with van der Waals surface area (Å²) in [6.07, 6.45) is 0.689. The lowest BCUT2D eigenvalue weighted by Crippen LogP contribution is -2.38. The smallest absolute Gasteiger partial charge is 0.295 e. The van der Waals surface area contributed by atoms with Gasteiger partial charge in [-0.3, -0.25) is 14.5 Å². The van der Waals surface area contributed by atoms with Gasteiger partial charge in [0, 0.05) is 31.7 Å². The predicted octanol–water partition coefficient (Wildman–Crippen LogP) is 3.50. The maximum absolute atomic E-state index is 13.2. The van der Waals surface area contributed by atoms with Crippen LogP contribution in [0.1, 0.15) is 23.6 Å². The molecule has 4 rings (SSSR count). The van der Waals surface area contributed by atoms with Crippen molar-refractivity contribution in [2.24, 2.45) is 0 Å². The maximum Gasteiger partial charge on any atom is 0.295 e. The monoisotopic (exact) mass is 500 g/mol. The molecule has 9 heteroatoms. The van der Waals surface area contributed by atoms with Crippen molar-refractivity contribution in [1.29, 1.82) is 0 Å². The van der Waals surface area contributed by atoms with E-state index in [0.717, 1.165) is 19.6 Å². The molecule has 0 saturated carbocycles. The van der Waals surface area contributed by atoms with Gasteiger partial charge in [-0.25, -0.2) is 0 Å². The van der Waals surface area contributed by atoms with Crippen molar-refractivity contribution in [2.45, 2.75) is 12.5 Å². The van der Waals surface area contributed by atoms with E-state index in [1.807, 2.05) is 0 Å². The lowest BCUT2D eigenvalue weighted by molar-refractivity contribution is -0.140. The highest BCUT2D eigenvalue weighted by Crippen LogP contribution is 2.40. The number of carbonyl (C=O) groups excluding carboxylic acids is 2. The maximum atomic E-state index is 13.2. The minimum atomic E-state index is -0.730. The van der Waals surface area contributed by atoms with Crippen LogP contribution in [-0.2, 0) is 14.3 Å². The topological polar surface area (TPSA) is 88.5 Å². The van der Waals surface area contributed by atoms with E-state index in [1.165, 1.54) is 13.2 Å². The number of likely N-dealkylation sites (tertiary alicyclic amines) is 1. The number of morpholine rings is 1. The molecule has 2 saturated heterocycles. The molecular formula is C26H29ClN2O6. The molecule has 0 radical (unpaired) electrons. The van der Waals surface area contributed by atoms with Crippen LogP contribution in [0.15, 0.2) is 48.0 Å². The van der Waals surface area contributed by atoms with Crippen LogP contribution in [0.25, 0.3) is 5.76 Å². The van der Waals surface area contributed by atoms with Gasteiger partial charge >= 0.3 is 0 Å². The molecule has 35 heavy (non-hydrogen) atoms. The second kappa shape index (κ2) is 11.1. The Balaban J connectivity index is 1.69. The molecule has 0 bridgehead atoms. The highest BCUT2D eigenvalue weighted by molar-refractivity contribution is 6.46. The molecule has 2 aliphatic rings. The third-order valence-corrected chi connectivity index (χ3v) is 6.67. The number of nitrogens with zero attached hydrogens (tertiary/aromatic N) is 2. The first-order valence-corrected chi connectivity index (χ1v) is 11.9.